The molecule has 0 aliphatic carbocycles. The zero-order valence-electron chi connectivity index (χ0n) is 16.4. The van der Waals surface area contributed by atoms with E-state index >= 15 is 0 Å². The zero-order chi connectivity index (χ0) is 19.7. The Morgan fingerprint density at radius 3 is 2.63 bits per heavy atom. The summed E-state index contributed by atoms with van der Waals surface area (Å²) in [5, 5.41) is 2.94. The van der Waals surface area contributed by atoms with E-state index in [0.29, 0.717) is 39.1 Å². The average molecular weight is 397 g/mol. The first-order chi connectivity index (χ1) is 13.0. The van der Waals surface area contributed by atoms with E-state index in [9.17, 15) is 13.2 Å². The van der Waals surface area contributed by atoms with E-state index in [2.05, 4.69) is 12.2 Å². The van der Waals surface area contributed by atoms with Gasteiger partial charge in [0.25, 0.3) is 0 Å². The maximum atomic E-state index is 12.8. The van der Waals surface area contributed by atoms with E-state index in [1.165, 1.54) is 4.31 Å². The van der Waals surface area contributed by atoms with Crippen LogP contribution in [0.5, 0.6) is 0 Å². The van der Waals surface area contributed by atoms with Gasteiger partial charge in [-0.2, -0.15) is 4.31 Å². The second-order valence-electron chi connectivity index (χ2n) is 6.98. The van der Waals surface area contributed by atoms with Crippen molar-refractivity contribution in [3.63, 3.8) is 0 Å². The quantitative estimate of drug-likeness (QED) is 0.617. The number of nitrogens with zero attached hydrogens (tertiary/aromatic N) is 1. The molecule has 2 rings (SSSR count). The lowest BCUT2D eigenvalue weighted by molar-refractivity contribution is -0.125. The third kappa shape index (κ3) is 6.30. The van der Waals surface area contributed by atoms with E-state index in [1.54, 1.807) is 0 Å². The van der Waals surface area contributed by atoms with Crippen LogP contribution >= 0.6 is 0 Å². The predicted molar refractivity (Wildman–Crippen MR) is 107 cm³/mol. The molecule has 1 fully saturated rings. The van der Waals surface area contributed by atoms with E-state index in [4.69, 9.17) is 4.74 Å². The third-order valence-electron chi connectivity index (χ3n) is 4.75. The first-order valence-electron chi connectivity index (χ1n) is 9.91. The number of benzene rings is 1. The van der Waals surface area contributed by atoms with Crippen LogP contribution in [-0.2, 0) is 32.7 Å². The highest BCUT2D eigenvalue weighted by atomic mass is 32.2. The molecule has 0 aromatic heterocycles. The smallest absolute Gasteiger partial charge is 0.238 e. The van der Waals surface area contributed by atoms with Gasteiger partial charge in [-0.15, -0.1) is 0 Å². The zero-order valence-corrected chi connectivity index (χ0v) is 17.3. The van der Waals surface area contributed by atoms with Gasteiger partial charge in [-0.05, 0) is 36.8 Å². The molecule has 1 aromatic rings. The van der Waals surface area contributed by atoms with E-state index in [1.807, 2.05) is 31.2 Å². The number of hydrogen-bond acceptors (Lipinski definition) is 4. The molecule has 1 heterocycles. The number of sulfonamides is 1. The van der Waals surface area contributed by atoms with Crippen LogP contribution in [-0.4, -0.2) is 43.6 Å². The molecule has 27 heavy (non-hydrogen) atoms. The average Bonchev–Trinajstić information content (AvgIpc) is 2.67. The fraction of sp³-hybridized carbons (Fsp3) is 0.650. The third-order valence-corrected chi connectivity index (χ3v) is 6.83. The molecule has 0 radical (unpaired) electrons. The molecule has 0 saturated carbocycles. The number of carbonyl (C=O) groups excluding carboxylic acids is 1. The van der Waals surface area contributed by atoms with Crippen molar-refractivity contribution in [3.8, 4) is 0 Å². The highest BCUT2D eigenvalue weighted by molar-refractivity contribution is 7.89. The van der Waals surface area contributed by atoms with Gasteiger partial charge in [-0.1, -0.05) is 44.5 Å². The van der Waals surface area contributed by atoms with Gasteiger partial charge in [0, 0.05) is 19.7 Å². The van der Waals surface area contributed by atoms with Gasteiger partial charge >= 0.3 is 0 Å². The lowest BCUT2D eigenvalue weighted by Crippen LogP contribution is -2.52. The fourth-order valence-electron chi connectivity index (χ4n) is 3.37. The summed E-state index contributed by atoms with van der Waals surface area (Å²) in [5.41, 5.74) is 2.05. The maximum Gasteiger partial charge on any atom is 0.238 e. The van der Waals surface area contributed by atoms with Crippen molar-refractivity contribution in [1.29, 1.82) is 0 Å². The van der Waals surface area contributed by atoms with Crippen molar-refractivity contribution in [2.45, 2.75) is 65.1 Å². The van der Waals surface area contributed by atoms with Crippen molar-refractivity contribution in [2.75, 3.05) is 18.9 Å². The minimum absolute atomic E-state index is 0.0916. The van der Waals surface area contributed by atoms with Crippen molar-refractivity contribution >= 4 is 15.9 Å². The van der Waals surface area contributed by atoms with Crippen LogP contribution in [0.4, 0.5) is 0 Å². The topological polar surface area (TPSA) is 75.7 Å². The van der Waals surface area contributed by atoms with Gasteiger partial charge < -0.3 is 10.1 Å². The lowest BCUT2D eigenvalue weighted by Gasteiger charge is -2.33. The molecule has 1 atom stereocenters. The number of rotatable bonds is 10. The number of hydrogen-bond donors (Lipinski definition) is 1. The SMILES string of the molecule is CCCOCc1ccccc1CNC(=O)C1CCCCN1S(=O)(=O)CCC. The van der Waals surface area contributed by atoms with Crippen molar-refractivity contribution in [3.05, 3.63) is 35.4 Å². The van der Waals surface area contributed by atoms with Crippen LogP contribution in [0.3, 0.4) is 0 Å². The number of nitrogens with one attached hydrogen (secondary N) is 1. The van der Waals surface area contributed by atoms with E-state index in [0.717, 1.165) is 30.4 Å². The molecular formula is C20H32N2O4S. The van der Waals surface area contributed by atoms with Gasteiger partial charge in [0.2, 0.25) is 15.9 Å². The minimum atomic E-state index is -3.38. The molecule has 1 aliphatic heterocycles. The van der Waals surface area contributed by atoms with E-state index < -0.39 is 16.1 Å². The summed E-state index contributed by atoms with van der Waals surface area (Å²) in [6.45, 7) is 5.93. The molecule has 1 saturated heterocycles. The van der Waals surface area contributed by atoms with Gasteiger partial charge in [0.1, 0.15) is 6.04 Å². The number of ether oxygens (including phenoxy) is 1. The summed E-state index contributed by atoms with van der Waals surface area (Å²) in [7, 11) is -3.38. The fourth-order valence-corrected chi connectivity index (χ4v) is 5.12. The Hall–Kier alpha value is -1.44. The summed E-state index contributed by atoms with van der Waals surface area (Å²) in [6.07, 6.45) is 3.78. The first kappa shape index (κ1) is 21.9. The van der Waals surface area contributed by atoms with Crippen molar-refractivity contribution < 1.29 is 17.9 Å². The molecule has 1 unspecified atom stereocenters. The molecule has 7 heteroatoms. The monoisotopic (exact) mass is 396 g/mol. The second kappa shape index (κ2) is 10.8. The predicted octanol–water partition coefficient (Wildman–Crippen LogP) is 2.82. The highest BCUT2D eigenvalue weighted by Gasteiger charge is 2.35. The molecule has 1 aromatic carbocycles. The maximum absolute atomic E-state index is 12.8. The molecule has 152 valence electrons. The molecular weight excluding hydrogens is 364 g/mol. The van der Waals surface area contributed by atoms with Crippen LogP contribution < -0.4 is 5.32 Å². The summed E-state index contributed by atoms with van der Waals surface area (Å²) in [5.74, 6) is -0.118. The highest BCUT2D eigenvalue weighted by Crippen LogP contribution is 2.22. The molecule has 6 nitrogen and oxygen atoms in total. The first-order valence-corrected chi connectivity index (χ1v) is 11.5. The Bertz CT molecular complexity index is 706. The summed E-state index contributed by atoms with van der Waals surface area (Å²) in [4.78, 5) is 12.8. The second-order valence-corrected chi connectivity index (χ2v) is 9.02. The van der Waals surface area contributed by atoms with Crippen LogP contribution in [0.25, 0.3) is 0 Å². The standard InChI is InChI=1S/C20H32N2O4S/c1-3-13-26-16-18-10-6-5-9-17(18)15-21-20(23)19-11-7-8-12-22(19)27(24,25)14-4-2/h5-6,9-10,19H,3-4,7-8,11-16H2,1-2H3,(H,21,23). The van der Waals surface area contributed by atoms with Crippen LogP contribution in [0.15, 0.2) is 24.3 Å². The summed E-state index contributed by atoms with van der Waals surface area (Å²) in [6, 6.07) is 7.26. The molecule has 1 N–H and O–H groups in total. The molecule has 1 aliphatic rings. The molecule has 0 bridgehead atoms. The number of carbonyl (C=O) groups is 1. The Balaban J connectivity index is 2.02. The lowest BCUT2D eigenvalue weighted by atomic mass is 10.0. The van der Waals surface area contributed by atoms with Crippen LogP contribution in [0.2, 0.25) is 0 Å². The Morgan fingerprint density at radius 2 is 1.93 bits per heavy atom. The Morgan fingerprint density at radius 1 is 1.19 bits per heavy atom. The Kier molecular flexibility index (Phi) is 8.73. The van der Waals surface area contributed by atoms with Gasteiger partial charge in [-0.25, -0.2) is 8.42 Å². The minimum Gasteiger partial charge on any atom is -0.377 e. The van der Waals surface area contributed by atoms with Crippen LogP contribution in [0.1, 0.15) is 57.1 Å². The number of amides is 1. The van der Waals surface area contributed by atoms with E-state index in [-0.39, 0.29) is 11.7 Å². The number of piperidine rings is 1. The molecule has 1 amide bonds. The normalized spacial score (nSPS) is 18.4. The van der Waals surface area contributed by atoms with Gasteiger partial charge in [0.05, 0.1) is 12.4 Å². The van der Waals surface area contributed by atoms with Gasteiger partial charge in [0.15, 0.2) is 0 Å². The van der Waals surface area contributed by atoms with Gasteiger partial charge in [-0.3, -0.25) is 4.79 Å². The summed E-state index contributed by atoms with van der Waals surface area (Å²) >= 11 is 0. The Labute approximate surface area is 163 Å². The van der Waals surface area contributed by atoms with Crippen molar-refractivity contribution in [2.24, 2.45) is 0 Å². The largest absolute Gasteiger partial charge is 0.377 e. The molecule has 0 spiro atoms. The van der Waals surface area contributed by atoms with Crippen LogP contribution in [0, 0.1) is 0 Å². The van der Waals surface area contributed by atoms with Crippen molar-refractivity contribution in [1.82, 2.24) is 9.62 Å². The summed E-state index contributed by atoms with van der Waals surface area (Å²) < 4.78 is 32.0.